The summed E-state index contributed by atoms with van der Waals surface area (Å²) in [5.74, 6) is 0. The van der Waals surface area contributed by atoms with E-state index in [-0.39, 0.29) is 6.29 Å². The molecule has 0 saturated carbocycles. The second-order valence-electron chi connectivity index (χ2n) is 3.36. The highest BCUT2D eigenvalue weighted by atomic mass is 16.8. The number of hydrogen-bond donors (Lipinski definition) is 0. The van der Waals surface area contributed by atoms with Gasteiger partial charge in [0.25, 0.3) is 0 Å². The molecule has 0 aliphatic rings. The molecule has 0 aromatic rings. The molecule has 0 heterocycles. The average molecular weight is 189 g/mol. The minimum Gasteiger partial charge on any atom is -0.351 e. The van der Waals surface area contributed by atoms with Gasteiger partial charge in [-0.1, -0.05) is 20.3 Å². The van der Waals surface area contributed by atoms with Gasteiger partial charge in [0.1, 0.15) is 0 Å². The monoisotopic (exact) mass is 189 g/mol. The number of hydroxylamine groups is 2. The van der Waals surface area contributed by atoms with Crippen LogP contribution in [0.3, 0.4) is 0 Å². The molecule has 0 N–H and O–H groups in total. The molecule has 0 amide bonds. The molecule has 0 spiro atoms. The third-order valence-corrected chi connectivity index (χ3v) is 1.63. The fraction of sp³-hybridized carbons (Fsp3) is 1.00. The Labute approximate surface area is 82.0 Å². The van der Waals surface area contributed by atoms with Gasteiger partial charge in [-0.3, -0.25) is 4.84 Å². The van der Waals surface area contributed by atoms with Gasteiger partial charge in [-0.15, -0.1) is 0 Å². The lowest BCUT2D eigenvalue weighted by Gasteiger charge is -2.21. The van der Waals surface area contributed by atoms with E-state index in [0.29, 0.717) is 0 Å². The first-order valence-electron chi connectivity index (χ1n) is 5.16. The molecule has 0 aliphatic heterocycles. The van der Waals surface area contributed by atoms with Crippen LogP contribution in [0.4, 0.5) is 0 Å². The van der Waals surface area contributed by atoms with Gasteiger partial charge >= 0.3 is 0 Å². The summed E-state index contributed by atoms with van der Waals surface area (Å²) in [5, 5.41) is 1.70. The van der Waals surface area contributed by atoms with E-state index >= 15 is 0 Å². The second kappa shape index (κ2) is 8.48. The zero-order valence-corrected chi connectivity index (χ0v) is 9.38. The number of nitrogens with zero attached hydrogens (tertiary/aromatic N) is 1. The van der Waals surface area contributed by atoms with Crippen LogP contribution < -0.4 is 0 Å². The van der Waals surface area contributed by atoms with Crippen molar-refractivity contribution >= 4 is 0 Å². The second-order valence-corrected chi connectivity index (χ2v) is 3.36. The Hall–Kier alpha value is -0.120. The van der Waals surface area contributed by atoms with Crippen molar-refractivity contribution in [3.63, 3.8) is 0 Å². The van der Waals surface area contributed by atoms with Gasteiger partial charge < -0.3 is 4.74 Å². The van der Waals surface area contributed by atoms with Crippen molar-refractivity contribution in [1.82, 2.24) is 5.06 Å². The molecule has 3 nitrogen and oxygen atoms in total. The number of rotatable bonds is 8. The maximum atomic E-state index is 5.54. The third-order valence-electron chi connectivity index (χ3n) is 1.63. The van der Waals surface area contributed by atoms with E-state index in [1.807, 2.05) is 14.1 Å². The van der Waals surface area contributed by atoms with Gasteiger partial charge in [0.15, 0.2) is 6.29 Å². The van der Waals surface area contributed by atoms with E-state index in [1.54, 1.807) is 5.06 Å². The standard InChI is InChI=1S/C10H23NO2/c1-5-7-8-10(12-9-6-2)13-11(3)4/h10H,5-9H2,1-4H3. The Kier molecular flexibility index (Phi) is 8.40. The predicted molar refractivity (Wildman–Crippen MR) is 54.3 cm³/mol. The van der Waals surface area contributed by atoms with Crippen LogP contribution >= 0.6 is 0 Å². The summed E-state index contributed by atoms with van der Waals surface area (Å²) in [6.07, 6.45) is 4.30. The van der Waals surface area contributed by atoms with Gasteiger partial charge in [-0.25, -0.2) is 0 Å². The highest BCUT2D eigenvalue weighted by Crippen LogP contribution is 2.07. The van der Waals surface area contributed by atoms with Crippen molar-refractivity contribution in [3.05, 3.63) is 0 Å². The van der Waals surface area contributed by atoms with Crippen LogP contribution in [0.25, 0.3) is 0 Å². The van der Waals surface area contributed by atoms with Crippen molar-refractivity contribution in [2.75, 3.05) is 20.7 Å². The van der Waals surface area contributed by atoms with Crippen LogP contribution in [0.5, 0.6) is 0 Å². The minimum absolute atomic E-state index is 0.0603. The topological polar surface area (TPSA) is 21.7 Å². The fourth-order valence-corrected chi connectivity index (χ4v) is 1.02. The molecule has 0 rings (SSSR count). The maximum absolute atomic E-state index is 5.54. The molecular formula is C10H23NO2. The van der Waals surface area contributed by atoms with Crippen LogP contribution in [-0.4, -0.2) is 32.1 Å². The van der Waals surface area contributed by atoms with E-state index in [2.05, 4.69) is 13.8 Å². The van der Waals surface area contributed by atoms with Gasteiger partial charge in [0, 0.05) is 27.1 Å². The number of ether oxygens (including phenoxy) is 1. The minimum atomic E-state index is -0.0603. The van der Waals surface area contributed by atoms with Crippen molar-refractivity contribution in [2.45, 2.75) is 45.8 Å². The number of unbranched alkanes of at least 4 members (excludes halogenated alkanes) is 1. The average Bonchev–Trinajstić information content (AvgIpc) is 2.09. The summed E-state index contributed by atoms with van der Waals surface area (Å²) in [5.41, 5.74) is 0. The van der Waals surface area contributed by atoms with Gasteiger partial charge in [-0.05, 0) is 12.8 Å². The Morgan fingerprint density at radius 1 is 1.15 bits per heavy atom. The molecule has 1 unspecified atom stereocenters. The van der Waals surface area contributed by atoms with Crippen LogP contribution in [0.2, 0.25) is 0 Å². The van der Waals surface area contributed by atoms with Crippen molar-refractivity contribution in [1.29, 1.82) is 0 Å². The largest absolute Gasteiger partial charge is 0.351 e. The maximum Gasteiger partial charge on any atom is 0.177 e. The van der Waals surface area contributed by atoms with Crippen LogP contribution in [0.15, 0.2) is 0 Å². The summed E-state index contributed by atoms with van der Waals surface area (Å²) in [7, 11) is 3.77. The van der Waals surface area contributed by atoms with Crippen molar-refractivity contribution in [3.8, 4) is 0 Å². The molecule has 0 aliphatic carbocycles. The molecular weight excluding hydrogens is 166 g/mol. The third kappa shape index (κ3) is 8.22. The highest BCUT2D eigenvalue weighted by Gasteiger charge is 2.09. The normalized spacial score (nSPS) is 13.6. The molecule has 3 heteroatoms. The van der Waals surface area contributed by atoms with Gasteiger partial charge in [0.2, 0.25) is 0 Å². The van der Waals surface area contributed by atoms with E-state index in [4.69, 9.17) is 9.57 Å². The van der Waals surface area contributed by atoms with Crippen LogP contribution in [-0.2, 0) is 9.57 Å². The zero-order chi connectivity index (χ0) is 10.1. The summed E-state index contributed by atoms with van der Waals surface area (Å²) >= 11 is 0. The first-order valence-corrected chi connectivity index (χ1v) is 5.16. The Morgan fingerprint density at radius 2 is 1.85 bits per heavy atom. The van der Waals surface area contributed by atoms with E-state index in [0.717, 1.165) is 25.9 Å². The van der Waals surface area contributed by atoms with E-state index in [1.165, 1.54) is 6.42 Å². The Balaban J connectivity index is 3.60. The molecule has 0 aromatic heterocycles. The lowest BCUT2D eigenvalue weighted by molar-refractivity contribution is -0.262. The first kappa shape index (κ1) is 12.9. The predicted octanol–water partition coefficient (Wildman–Crippen LogP) is 2.42. The Morgan fingerprint density at radius 3 is 2.31 bits per heavy atom. The molecule has 1 atom stereocenters. The molecule has 0 radical (unpaired) electrons. The van der Waals surface area contributed by atoms with E-state index in [9.17, 15) is 0 Å². The van der Waals surface area contributed by atoms with E-state index < -0.39 is 0 Å². The highest BCUT2D eigenvalue weighted by molar-refractivity contribution is 4.44. The molecule has 0 bridgehead atoms. The molecule has 80 valence electrons. The fourth-order valence-electron chi connectivity index (χ4n) is 1.02. The van der Waals surface area contributed by atoms with Gasteiger partial charge in [-0.2, -0.15) is 5.06 Å². The SMILES string of the molecule is CCCCC(OCCC)ON(C)C. The van der Waals surface area contributed by atoms with Crippen LogP contribution in [0.1, 0.15) is 39.5 Å². The van der Waals surface area contributed by atoms with Gasteiger partial charge in [0.05, 0.1) is 0 Å². The smallest absolute Gasteiger partial charge is 0.177 e. The first-order chi connectivity index (χ1) is 6.20. The summed E-state index contributed by atoms with van der Waals surface area (Å²) in [4.78, 5) is 5.47. The lowest BCUT2D eigenvalue weighted by Crippen LogP contribution is -2.26. The Bertz CT molecular complexity index is 99.1. The summed E-state index contributed by atoms with van der Waals surface area (Å²) in [6.45, 7) is 5.06. The van der Waals surface area contributed by atoms with Crippen molar-refractivity contribution < 1.29 is 9.57 Å². The summed E-state index contributed by atoms with van der Waals surface area (Å²) in [6, 6.07) is 0. The lowest BCUT2D eigenvalue weighted by atomic mass is 10.2. The number of hydrogen-bond acceptors (Lipinski definition) is 3. The summed E-state index contributed by atoms with van der Waals surface area (Å²) < 4.78 is 5.54. The molecule has 0 aromatic carbocycles. The molecule has 13 heavy (non-hydrogen) atoms. The molecule has 0 fully saturated rings. The zero-order valence-electron chi connectivity index (χ0n) is 9.38. The van der Waals surface area contributed by atoms with Crippen LogP contribution in [0, 0.1) is 0 Å². The quantitative estimate of drug-likeness (QED) is 0.432. The molecule has 0 saturated heterocycles. The van der Waals surface area contributed by atoms with Crippen molar-refractivity contribution in [2.24, 2.45) is 0 Å².